The first-order chi connectivity index (χ1) is 14.2. The second-order valence-electron chi connectivity index (χ2n) is 6.30. The Morgan fingerprint density at radius 3 is 2.90 bits per heavy atom. The highest BCUT2D eigenvalue weighted by Crippen LogP contribution is 2.30. The minimum Gasteiger partial charge on any atom is -0.376 e. The summed E-state index contributed by atoms with van der Waals surface area (Å²) < 4.78 is 5.68. The molecule has 0 radical (unpaired) electrons. The van der Waals surface area contributed by atoms with Crippen LogP contribution in [0, 0.1) is 0 Å². The Morgan fingerprint density at radius 1 is 1.45 bits per heavy atom. The summed E-state index contributed by atoms with van der Waals surface area (Å²) in [5.41, 5.74) is 2.30. The van der Waals surface area contributed by atoms with Crippen molar-refractivity contribution in [2.24, 2.45) is 0 Å². The second kappa shape index (κ2) is 12.0. The van der Waals surface area contributed by atoms with Crippen LogP contribution in [0.25, 0.3) is 5.57 Å². The highest BCUT2D eigenvalue weighted by atomic mass is 32.1. The third kappa shape index (κ3) is 6.14. The monoisotopic (exact) mass is 411 g/mol. The van der Waals surface area contributed by atoms with Crippen molar-refractivity contribution < 1.29 is 4.74 Å². The molecule has 0 aromatic carbocycles. The molecule has 0 aliphatic carbocycles. The lowest BCUT2D eigenvalue weighted by Gasteiger charge is -2.15. The molecule has 3 heterocycles. The van der Waals surface area contributed by atoms with Crippen molar-refractivity contribution in [3.63, 3.8) is 0 Å². The van der Waals surface area contributed by atoms with Crippen LogP contribution < -0.4 is 10.9 Å². The molecular formula is C23H29N3O2S. The zero-order valence-electron chi connectivity index (χ0n) is 17.1. The Balaban J connectivity index is 0.00000145. The maximum Gasteiger partial charge on any atom is 0.260 e. The second-order valence-corrected chi connectivity index (χ2v) is 7.24. The Kier molecular flexibility index (Phi) is 9.34. The lowest BCUT2D eigenvalue weighted by Crippen LogP contribution is -2.23. The first kappa shape index (κ1) is 22.6. The molecule has 1 atom stereocenters. The first-order valence-electron chi connectivity index (χ1n) is 9.71. The molecule has 1 unspecified atom stereocenters. The highest BCUT2D eigenvalue weighted by molar-refractivity contribution is 7.11. The van der Waals surface area contributed by atoms with Gasteiger partial charge in [0.1, 0.15) is 5.82 Å². The summed E-state index contributed by atoms with van der Waals surface area (Å²) in [6.45, 7) is 11.4. The number of ether oxygens (including phenoxy) is 1. The minimum absolute atomic E-state index is 0.157. The number of rotatable bonds is 7. The van der Waals surface area contributed by atoms with Crippen molar-refractivity contribution in [2.75, 3.05) is 18.5 Å². The minimum atomic E-state index is -0.157. The number of aromatic amines is 1. The van der Waals surface area contributed by atoms with Crippen molar-refractivity contribution in [3.05, 3.63) is 87.7 Å². The van der Waals surface area contributed by atoms with E-state index in [9.17, 15) is 4.79 Å². The van der Waals surface area contributed by atoms with Crippen molar-refractivity contribution in [3.8, 4) is 0 Å². The molecule has 3 rings (SSSR count). The molecule has 1 aliphatic heterocycles. The van der Waals surface area contributed by atoms with E-state index in [4.69, 9.17) is 4.74 Å². The van der Waals surface area contributed by atoms with Crippen molar-refractivity contribution in [1.29, 1.82) is 0 Å². The van der Waals surface area contributed by atoms with Crippen LogP contribution in [0.3, 0.4) is 0 Å². The molecule has 2 aromatic heterocycles. The molecule has 0 spiro atoms. The molecule has 154 valence electrons. The molecule has 0 saturated carbocycles. The largest absolute Gasteiger partial charge is 0.376 e. The Hall–Kier alpha value is -2.70. The Bertz CT molecular complexity index is 904. The predicted molar refractivity (Wildman–Crippen MR) is 124 cm³/mol. The summed E-state index contributed by atoms with van der Waals surface area (Å²) in [6, 6.07) is 4.01. The van der Waals surface area contributed by atoms with E-state index in [2.05, 4.69) is 28.4 Å². The van der Waals surface area contributed by atoms with E-state index in [0.717, 1.165) is 35.5 Å². The number of thiophene rings is 1. The van der Waals surface area contributed by atoms with Gasteiger partial charge >= 0.3 is 0 Å². The highest BCUT2D eigenvalue weighted by Gasteiger charge is 2.20. The number of anilines is 1. The van der Waals surface area contributed by atoms with Gasteiger partial charge in [-0.05, 0) is 49.8 Å². The van der Waals surface area contributed by atoms with Crippen LogP contribution >= 0.6 is 11.3 Å². The number of aromatic nitrogens is 2. The van der Waals surface area contributed by atoms with Gasteiger partial charge in [0.15, 0.2) is 0 Å². The maximum absolute atomic E-state index is 12.8. The zero-order chi connectivity index (χ0) is 21.1. The van der Waals surface area contributed by atoms with E-state index in [-0.39, 0.29) is 11.7 Å². The van der Waals surface area contributed by atoms with Gasteiger partial charge in [0.25, 0.3) is 5.56 Å². The summed E-state index contributed by atoms with van der Waals surface area (Å²) >= 11 is 1.60. The van der Waals surface area contributed by atoms with E-state index in [1.54, 1.807) is 11.3 Å². The number of allylic oxidation sites excluding steroid dienone is 5. The van der Waals surface area contributed by atoms with Crippen LogP contribution in [0.15, 0.2) is 71.7 Å². The van der Waals surface area contributed by atoms with E-state index in [1.807, 2.05) is 55.7 Å². The van der Waals surface area contributed by atoms with E-state index >= 15 is 0 Å². The van der Waals surface area contributed by atoms with Crippen LogP contribution in [0.1, 0.15) is 37.1 Å². The van der Waals surface area contributed by atoms with Gasteiger partial charge in [-0.1, -0.05) is 24.3 Å². The smallest absolute Gasteiger partial charge is 0.260 e. The van der Waals surface area contributed by atoms with Crippen molar-refractivity contribution in [1.82, 2.24) is 9.97 Å². The predicted octanol–water partition coefficient (Wildman–Crippen LogP) is 5.18. The lowest BCUT2D eigenvalue weighted by atomic mass is 10.0. The molecule has 0 amide bonds. The standard InChI is InChI=1S/C21H25N3O2S.C2H4/c1-3-7-15(4-2)12-17(18-9-6-11-27-18)19-20(23-14-24-21(19)25)22-13-16-8-5-10-26-16;1-2/h3-4,6-7,9,11-12,14,16H,5,8,10,13H2,1-2H3,(H2,22,23,24,25);1-2H2/b7-3-,15-4+,17-12+;. The Labute approximate surface area is 176 Å². The normalized spacial score (nSPS) is 17.2. The molecule has 6 heteroatoms. The molecule has 5 nitrogen and oxygen atoms in total. The first-order valence-corrected chi connectivity index (χ1v) is 10.6. The summed E-state index contributed by atoms with van der Waals surface area (Å²) in [5, 5.41) is 5.34. The quantitative estimate of drug-likeness (QED) is 0.487. The molecule has 29 heavy (non-hydrogen) atoms. The van der Waals surface area contributed by atoms with E-state index in [1.165, 1.54) is 6.33 Å². The van der Waals surface area contributed by atoms with Crippen LogP contribution in [0.5, 0.6) is 0 Å². The van der Waals surface area contributed by atoms with Crippen molar-refractivity contribution >= 4 is 22.7 Å². The molecule has 0 bridgehead atoms. The van der Waals surface area contributed by atoms with Gasteiger partial charge in [-0.15, -0.1) is 24.5 Å². The van der Waals surface area contributed by atoms with Gasteiger partial charge < -0.3 is 15.0 Å². The average molecular weight is 412 g/mol. The number of nitrogens with zero attached hydrogens (tertiary/aromatic N) is 1. The zero-order valence-corrected chi connectivity index (χ0v) is 17.9. The topological polar surface area (TPSA) is 67.0 Å². The average Bonchev–Trinajstić information content (AvgIpc) is 3.46. The van der Waals surface area contributed by atoms with E-state index in [0.29, 0.717) is 17.9 Å². The van der Waals surface area contributed by atoms with Gasteiger partial charge in [0, 0.05) is 23.6 Å². The fraction of sp³-hybridized carbons (Fsp3) is 0.304. The molecule has 2 aromatic rings. The molecule has 1 saturated heterocycles. The molecular weight excluding hydrogens is 382 g/mol. The van der Waals surface area contributed by atoms with Crippen LogP contribution in [-0.2, 0) is 4.74 Å². The SMILES string of the molecule is C=C.C\C=C/C(/C=C(\c1cccs1)c1c(NCC2CCCO2)nc[nH]c1=O)=C\C. The van der Waals surface area contributed by atoms with Crippen molar-refractivity contribution in [2.45, 2.75) is 32.8 Å². The summed E-state index contributed by atoms with van der Waals surface area (Å²) in [4.78, 5) is 20.9. The van der Waals surface area contributed by atoms with Gasteiger partial charge in [-0.25, -0.2) is 4.98 Å². The third-order valence-electron chi connectivity index (χ3n) is 4.43. The number of hydrogen-bond acceptors (Lipinski definition) is 5. The number of H-pyrrole nitrogens is 1. The van der Waals surface area contributed by atoms with Crippen LogP contribution in [0.4, 0.5) is 5.82 Å². The number of hydrogen-bond donors (Lipinski definition) is 2. The number of nitrogens with one attached hydrogen (secondary N) is 2. The Morgan fingerprint density at radius 2 is 2.28 bits per heavy atom. The fourth-order valence-electron chi connectivity index (χ4n) is 3.08. The maximum atomic E-state index is 12.8. The van der Waals surface area contributed by atoms with Gasteiger partial charge in [0.2, 0.25) is 0 Å². The van der Waals surface area contributed by atoms with Crippen LogP contribution in [-0.4, -0.2) is 29.2 Å². The van der Waals surface area contributed by atoms with E-state index < -0.39 is 0 Å². The molecule has 2 N–H and O–H groups in total. The van der Waals surface area contributed by atoms with Gasteiger partial charge in [-0.3, -0.25) is 4.79 Å². The lowest BCUT2D eigenvalue weighted by molar-refractivity contribution is 0.120. The summed E-state index contributed by atoms with van der Waals surface area (Å²) in [5.74, 6) is 0.588. The van der Waals surface area contributed by atoms with Gasteiger partial charge in [0.05, 0.1) is 18.0 Å². The third-order valence-corrected chi connectivity index (χ3v) is 5.34. The van der Waals surface area contributed by atoms with Crippen LogP contribution in [0.2, 0.25) is 0 Å². The molecule has 1 aliphatic rings. The molecule has 1 fully saturated rings. The summed E-state index contributed by atoms with van der Waals surface area (Å²) in [7, 11) is 0. The fourth-order valence-corrected chi connectivity index (χ4v) is 3.83. The summed E-state index contributed by atoms with van der Waals surface area (Å²) in [6.07, 6.45) is 11.8. The van der Waals surface area contributed by atoms with Gasteiger partial charge in [-0.2, -0.15) is 0 Å².